The Morgan fingerprint density at radius 1 is 1.41 bits per heavy atom. The highest BCUT2D eigenvalue weighted by Gasteiger charge is 2.26. The van der Waals surface area contributed by atoms with Crippen LogP contribution in [0.3, 0.4) is 0 Å². The molecule has 0 spiro atoms. The second-order valence-electron chi connectivity index (χ2n) is 5.17. The fourth-order valence-electron chi connectivity index (χ4n) is 2.17. The van der Waals surface area contributed by atoms with Crippen molar-refractivity contribution < 1.29 is 4.79 Å². The van der Waals surface area contributed by atoms with E-state index in [0.29, 0.717) is 17.4 Å². The third kappa shape index (κ3) is 2.44. The summed E-state index contributed by atoms with van der Waals surface area (Å²) in [6.07, 6.45) is 5.37. The maximum Gasteiger partial charge on any atom is 0.271 e. The quantitative estimate of drug-likeness (QED) is 0.793. The van der Waals surface area contributed by atoms with Crippen LogP contribution >= 0.6 is 22.7 Å². The lowest BCUT2D eigenvalue weighted by atomic mass is 10.3. The highest BCUT2D eigenvalue weighted by Crippen LogP contribution is 2.41. The number of carbonyl (C=O) groups is 1. The maximum absolute atomic E-state index is 12.2. The molecule has 0 bridgehead atoms. The third-order valence-corrected chi connectivity index (χ3v) is 5.34. The van der Waals surface area contributed by atoms with Gasteiger partial charge < -0.3 is 5.32 Å². The van der Waals surface area contributed by atoms with Crippen LogP contribution < -0.4 is 10.9 Å². The molecule has 3 aromatic heterocycles. The van der Waals surface area contributed by atoms with E-state index in [0.717, 1.165) is 10.7 Å². The zero-order valence-electron chi connectivity index (χ0n) is 11.5. The zero-order chi connectivity index (χ0) is 15.1. The molecule has 0 saturated heterocycles. The van der Waals surface area contributed by atoms with Gasteiger partial charge in [0.1, 0.15) is 5.56 Å². The lowest BCUT2D eigenvalue weighted by Gasteiger charge is -2.03. The summed E-state index contributed by atoms with van der Waals surface area (Å²) >= 11 is 2.99. The number of nitrogens with one attached hydrogen (secondary N) is 1. The first-order valence-corrected chi connectivity index (χ1v) is 8.65. The first kappa shape index (κ1) is 13.6. The fraction of sp³-hybridized carbons (Fsp3) is 0.286. The van der Waals surface area contributed by atoms with E-state index in [1.165, 1.54) is 34.8 Å². The Balaban J connectivity index is 1.50. The predicted octanol–water partition coefficient (Wildman–Crippen LogP) is 2.02. The molecule has 3 aromatic rings. The summed E-state index contributed by atoms with van der Waals surface area (Å²) in [5, 5.41) is 7.61. The minimum Gasteiger partial charge on any atom is -0.346 e. The van der Waals surface area contributed by atoms with E-state index < -0.39 is 5.91 Å². The van der Waals surface area contributed by atoms with Gasteiger partial charge in [-0.1, -0.05) is 0 Å². The summed E-state index contributed by atoms with van der Waals surface area (Å²) in [5.74, 6) is 0.198. The molecule has 1 fully saturated rings. The molecule has 112 valence electrons. The number of rotatable bonds is 4. The summed E-state index contributed by atoms with van der Waals surface area (Å²) < 4.78 is 1.38. The van der Waals surface area contributed by atoms with Gasteiger partial charge in [-0.2, -0.15) is 0 Å². The molecule has 1 N–H and O–H groups in total. The lowest BCUT2D eigenvalue weighted by Crippen LogP contribution is -2.30. The molecular formula is C14H12N4O2S2. The van der Waals surface area contributed by atoms with Crippen molar-refractivity contribution in [1.82, 2.24) is 19.7 Å². The molecule has 0 unspecified atom stereocenters. The zero-order valence-corrected chi connectivity index (χ0v) is 13.1. The monoisotopic (exact) mass is 332 g/mol. The molecule has 0 aliphatic heterocycles. The van der Waals surface area contributed by atoms with Gasteiger partial charge in [0.2, 0.25) is 0 Å². The van der Waals surface area contributed by atoms with E-state index in [-0.39, 0.29) is 11.1 Å². The van der Waals surface area contributed by atoms with E-state index in [1.807, 2.05) is 5.38 Å². The Bertz CT molecular complexity index is 907. The molecule has 3 heterocycles. The van der Waals surface area contributed by atoms with Gasteiger partial charge in [-0.3, -0.25) is 14.0 Å². The summed E-state index contributed by atoms with van der Waals surface area (Å²) in [5.41, 5.74) is 0.541. The van der Waals surface area contributed by atoms with Crippen molar-refractivity contribution >= 4 is 33.5 Å². The van der Waals surface area contributed by atoms with Crippen LogP contribution in [0.2, 0.25) is 0 Å². The molecular weight excluding hydrogens is 320 g/mol. The van der Waals surface area contributed by atoms with Crippen molar-refractivity contribution in [2.24, 2.45) is 0 Å². The number of hydrogen-bond acceptors (Lipinski definition) is 6. The van der Waals surface area contributed by atoms with E-state index in [9.17, 15) is 9.59 Å². The molecule has 1 saturated carbocycles. The van der Waals surface area contributed by atoms with E-state index >= 15 is 0 Å². The van der Waals surface area contributed by atoms with Gasteiger partial charge in [0, 0.05) is 29.1 Å². The van der Waals surface area contributed by atoms with Gasteiger partial charge in [0.15, 0.2) is 4.96 Å². The molecule has 1 amide bonds. The van der Waals surface area contributed by atoms with Crippen LogP contribution in [-0.2, 0) is 6.54 Å². The Labute approximate surface area is 133 Å². The Hall–Kier alpha value is -2.06. The van der Waals surface area contributed by atoms with Crippen LogP contribution in [0.5, 0.6) is 0 Å². The van der Waals surface area contributed by atoms with Crippen molar-refractivity contribution in [2.45, 2.75) is 25.3 Å². The highest BCUT2D eigenvalue weighted by atomic mass is 32.1. The van der Waals surface area contributed by atoms with Crippen molar-refractivity contribution in [1.29, 1.82) is 0 Å². The fourth-order valence-corrected chi connectivity index (χ4v) is 3.83. The number of amides is 1. The van der Waals surface area contributed by atoms with Gasteiger partial charge in [-0.25, -0.2) is 9.97 Å². The summed E-state index contributed by atoms with van der Waals surface area (Å²) in [6.45, 7) is 0.327. The predicted molar refractivity (Wildman–Crippen MR) is 84.6 cm³/mol. The van der Waals surface area contributed by atoms with E-state index in [2.05, 4.69) is 15.3 Å². The Kier molecular flexibility index (Phi) is 3.27. The van der Waals surface area contributed by atoms with E-state index in [1.54, 1.807) is 22.9 Å². The normalized spacial score (nSPS) is 14.4. The third-order valence-electron chi connectivity index (χ3n) is 3.51. The number of nitrogens with zero attached hydrogens (tertiary/aromatic N) is 3. The summed E-state index contributed by atoms with van der Waals surface area (Å²) in [4.78, 5) is 33.6. The highest BCUT2D eigenvalue weighted by molar-refractivity contribution is 7.15. The first-order valence-electron chi connectivity index (χ1n) is 6.90. The van der Waals surface area contributed by atoms with Gasteiger partial charge in [0.25, 0.3) is 11.5 Å². The second kappa shape index (κ2) is 5.29. The molecule has 1 aliphatic rings. The van der Waals surface area contributed by atoms with Crippen molar-refractivity contribution in [3.05, 3.63) is 49.8 Å². The number of hydrogen-bond donors (Lipinski definition) is 1. The molecule has 8 heteroatoms. The number of thiazole rings is 2. The molecule has 1 aliphatic carbocycles. The van der Waals surface area contributed by atoms with Crippen LogP contribution in [0.4, 0.5) is 0 Å². The van der Waals surface area contributed by atoms with Gasteiger partial charge in [-0.05, 0) is 12.8 Å². The topological polar surface area (TPSA) is 76.4 Å². The molecule has 0 atom stereocenters. The number of aromatic nitrogens is 3. The lowest BCUT2D eigenvalue weighted by molar-refractivity contribution is 0.0948. The van der Waals surface area contributed by atoms with E-state index in [4.69, 9.17) is 0 Å². The average molecular weight is 332 g/mol. The largest absolute Gasteiger partial charge is 0.346 e. The standard InChI is InChI=1S/C14H12N4O2S2/c19-11(10-6-16-14-18(13(10)20)3-4-21-14)15-5-9-7-22-12(17-9)8-1-2-8/h3-4,6-8H,1-2,5H2,(H,15,19). The van der Waals surface area contributed by atoms with Gasteiger partial charge in [0.05, 0.1) is 17.2 Å². The molecule has 22 heavy (non-hydrogen) atoms. The SMILES string of the molecule is O=C(NCc1csc(C2CC2)n1)c1cnc2sccn2c1=O. The maximum atomic E-state index is 12.2. The van der Waals surface area contributed by atoms with Crippen molar-refractivity contribution in [3.8, 4) is 0 Å². The average Bonchev–Trinajstić information content (AvgIpc) is 3.07. The Morgan fingerprint density at radius 3 is 3.09 bits per heavy atom. The van der Waals surface area contributed by atoms with Crippen LogP contribution in [0.25, 0.3) is 4.96 Å². The summed E-state index contributed by atoms with van der Waals surface area (Å²) in [6, 6.07) is 0. The Morgan fingerprint density at radius 2 is 2.27 bits per heavy atom. The molecule has 0 aromatic carbocycles. The van der Waals surface area contributed by atoms with Crippen molar-refractivity contribution in [3.63, 3.8) is 0 Å². The van der Waals surface area contributed by atoms with Crippen LogP contribution in [0.15, 0.2) is 27.9 Å². The molecule has 6 nitrogen and oxygen atoms in total. The van der Waals surface area contributed by atoms with Crippen LogP contribution in [0.1, 0.15) is 39.8 Å². The summed E-state index contributed by atoms with van der Waals surface area (Å²) in [7, 11) is 0. The van der Waals surface area contributed by atoms with Gasteiger partial charge >= 0.3 is 0 Å². The molecule has 4 rings (SSSR count). The smallest absolute Gasteiger partial charge is 0.271 e. The van der Waals surface area contributed by atoms with Crippen molar-refractivity contribution in [2.75, 3.05) is 0 Å². The van der Waals surface area contributed by atoms with Crippen LogP contribution in [0, 0.1) is 0 Å². The minimum absolute atomic E-state index is 0.0496. The number of carbonyl (C=O) groups excluding carboxylic acids is 1. The van der Waals surface area contributed by atoms with Gasteiger partial charge in [-0.15, -0.1) is 22.7 Å². The second-order valence-corrected chi connectivity index (χ2v) is 6.93. The van der Waals surface area contributed by atoms with Crippen LogP contribution in [-0.4, -0.2) is 20.3 Å². The number of fused-ring (bicyclic) bond motifs is 1. The molecule has 0 radical (unpaired) electrons. The minimum atomic E-state index is -0.418. The first-order chi connectivity index (χ1) is 10.7.